The Kier molecular flexibility index (Phi) is 7.21. The summed E-state index contributed by atoms with van der Waals surface area (Å²) >= 11 is 0. The first-order valence-electron chi connectivity index (χ1n) is 12.5. The van der Waals surface area contributed by atoms with Gasteiger partial charge in [0.05, 0.1) is 29.6 Å². The van der Waals surface area contributed by atoms with E-state index in [1.807, 2.05) is 9.47 Å². The molecule has 0 spiro atoms. The molecule has 0 atom stereocenters. The van der Waals surface area contributed by atoms with Crippen molar-refractivity contribution in [3.63, 3.8) is 0 Å². The van der Waals surface area contributed by atoms with Gasteiger partial charge in [-0.1, -0.05) is 18.2 Å². The highest BCUT2D eigenvalue weighted by Crippen LogP contribution is 2.38. The van der Waals surface area contributed by atoms with E-state index in [-0.39, 0.29) is 29.2 Å². The Labute approximate surface area is 217 Å². The zero-order valence-electron chi connectivity index (χ0n) is 20.6. The van der Waals surface area contributed by atoms with Gasteiger partial charge in [-0.25, -0.2) is 14.6 Å². The number of carboxylic acids is 1. The lowest BCUT2D eigenvalue weighted by Gasteiger charge is -2.36. The minimum absolute atomic E-state index is 0.0217. The van der Waals surface area contributed by atoms with E-state index in [2.05, 4.69) is 15.4 Å². The first kappa shape index (κ1) is 25.6. The minimum Gasteiger partial charge on any atom is -0.478 e. The summed E-state index contributed by atoms with van der Waals surface area (Å²) in [4.78, 5) is 41.6. The van der Waals surface area contributed by atoms with Gasteiger partial charge in [0.2, 0.25) is 5.43 Å². The molecule has 11 heteroatoms. The average Bonchev–Trinajstić information content (AvgIpc) is 3.75. The number of hydrogen-bond donors (Lipinski definition) is 3. The number of aliphatic hydroxyl groups excluding tert-OH is 1. The van der Waals surface area contributed by atoms with E-state index in [0.717, 1.165) is 12.8 Å². The topological polar surface area (TPSA) is 127 Å². The van der Waals surface area contributed by atoms with Crippen molar-refractivity contribution in [2.24, 2.45) is 5.10 Å². The summed E-state index contributed by atoms with van der Waals surface area (Å²) < 4.78 is 17.1. The van der Waals surface area contributed by atoms with E-state index >= 15 is 4.39 Å². The summed E-state index contributed by atoms with van der Waals surface area (Å²) in [7, 11) is 0. The lowest BCUT2D eigenvalue weighted by atomic mass is 10.1. The third kappa shape index (κ3) is 5.15. The summed E-state index contributed by atoms with van der Waals surface area (Å²) in [5.41, 5.74) is 2.82. The second-order valence-electron chi connectivity index (χ2n) is 9.47. The van der Waals surface area contributed by atoms with Crippen molar-refractivity contribution in [3.05, 3.63) is 75.3 Å². The van der Waals surface area contributed by atoms with Gasteiger partial charge in [-0.15, -0.1) is 0 Å². The van der Waals surface area contributed by atoms with Crippen LogP contribution in [0.1, 0.15) is 45.2 Å². The number of fused-ring (bicyclic) bond motifs is 1. The Balaban J connectivity index is 1.44. The third-order valence-electron chi connectivity index (χ3n) is 6.98. The Morgan fingerprint density at radius 2 is 1.84 bits per heavy atom. The van der Waals surface area contributed by atoms with Gasteiger partial charge < -0.3 is 19.7 Å². The van der Waals surface area contributed by atoms with Crippen molar-refractivity contribution in [2.45, 2.75) is 18.9 Å². The van der Waals surface area contributed by atoms with Crippen molar-refractivity contribution in [1.82, 2.24) is 14.9 Å². The van der Waals surface area contributed by atoms with Crippen LogP contribution in [0.3, 0.4) is 0 Å². The molecule has 0 unspecified atom stereocenters. The monoisotopic (exact) mass is 521 g/mol. The molecule has 1 aromatic heterocycles. The molecule has 0 bridgehead atoms. The van der Waals surface area contributed by atoms with E-state index in [1.165, 1.54) is 24.5 Å². The number of hydrazone groups is 1. The molecule has 1 amide bonds. The van der Waals surface area contributed by atoms with E-state index < -0.39 is 23.1 Å². The molecular weight excluding hydrogens is 493 g/mol. The highest BCUT2D eigenvalue weighted by Gasteiger charge is 2.28. The molecule has 2 heterocycles. The number of rotatable bonds is 8. The van der Waals surface area contributed by atoms with Crippen molar-refractivity contribution >= 4 is 34.7 Å². The van der Waals surface area contributed by atoms with Crippen molar-refractivity contribution in [3.8, 4) is 0 Å². The van der Waals surface area contributed by atoms with Crippen LogP contribution >= 0.6 is 0 Å². The predicted molar refractivity (Wildman–Crippen MR) is 141 cm³/mol. The molecule has 3 N–H and O–H groups in total. The molecule has 198 valence electrons. The van der Waals surface area contributed by atoms with Gasteiger partial charge in [0.15, 0.2) is 0 Å². The third-order valence-corrected chi connectivity index (χ3v) is 6.98. The Hall–Kier alpha value is -4.09. The minimum atomic E-state index is -1.13. The Morgan fingerprint density at radius 1 is 1.11 bits per heavy atom. The molecule has 10 nitrogen and oxygen atoms in total. The highest BCUT2D eigenvalue weighted by molar-refractivity contribution is 6.00. The number of amides is 1. The summed E-state index contributed by atoms with van der Waals surface area (Å²) in [6, 6.07) is 9.18. The summed E-state index contributed by atoms with van der Waals surface area (Å²) in [6.07, 6.45) is 4.47. The highest BCUT2D eigenvalue weighted by atomic mass is 19.1. The lowest BCUT2D eigenvalue weighted by Crippen LogP contribution is -2.47. The van der Waals surface area contributed by atoms with Crippen molar-refractivity contribution < 1.29 is 24.2 Å². The maximum absolute atomic E-state index is 15.3. The molecule has 2 aromatic carbocycles. The van der Waals surface area contributed by atoms with Gasteiger partial charge in [-0.3, -0.25) is 14.5 Å². The van der Waals surface area contributed by atoms with Crippen LogP contribution in [0.25, 0.3) is 10.9 Å². The van der Waals surface area contributed by atoms with Gasteiger partial charge in [0.1, 0.15) is 11.4 Å². The van der Waals surface area contributed by atoms with Crippen LogP contribution < -0.4 is 15.8 Å². The van der Waals surface area contributed by atoms with E-state index in [4.69, 9.17) is 5.11 Å². The van der Waals surface area contributed by atoms with Crippen LogP contribution in [0.2, 0.25) is 0 Å². The van der Waals surface area contributed by atoms with Crippen molar-refractivity contribution in [1.29, 1.82) is 0 Å². The molecule has 0 radical (unpaired) electrons. The number of halogens is 1. The fourth-order valence-electron chi connectivity index (χ4n) is 4.80. The molecule has 38 heavy (non-hydrogen) atoms. The number of pyridine rings is 1. The number of carbonyl (C=O) groups excluding carboxylic acids is 1. The van der Waals surface area contributed by atoms with Crippen LogP contribution in [-0.4, -0.2) is 77.1 Å². The Bertz CT molecular complexity index is 1470. The number of β-amino-alcohol motifs (C(OH)–C–C–N with tert-alkyl or cyclic N) is 1. The number of carbonyl (C=O) groups is 2. The van der Waals surface area contributed by atoms with E-state index in [1.54, 1.807) is 24.3 Å². The number of benzene rings is 2. The quantitative estimate of drug-likeness (QED) is 0.306. The number of hydrogen-bond acceptors (Lipinski definition) is 7. The first-order chi connectivity index (χ1) is 18.4. The molecular formula is C27H28FN5O5. The van der Waals surface area contributed by atoms with Crippen LogP contribution in [0.4, 0.5) is 10.1 Å². The standard InChI is InChI=1S/C27H28FN5O5/c28-22-13-20-23(14-24(22)32-9-7-31(8-10-32)11-12-34)33(18-5-6-18)16-21(25(20)35)26(36)30-29-15-17-3-1-2-4-19(17)27(37)38/h1-4,13-16,18,34H,5-12H2,(H,30,36)(H,37,38)/b29-15-. The van der Waals surface area contributed by atoms with Gasteiger partial charge in [0.25, 0.3) is 5.91 Å². The zero-order chi connectivity index (χ0) is 26.8. The summed E-state index contributed by atoms with van der Waals surface area (Å²) in [5, 5.41) is 22.4. The maximum atomic E-state index is 15.3. The van der Waals surface area contributed by atoms with Gasteiger partial charge in [0, 0.05) is 55.9 Å². The molecule has 2 aliphatic rings. The number of anilines is 1. The van der Waals surface area contributed by atoms with Crippen LogP contribution in [0.15, 0.2) is 52.5 Å². The molecule has 5 rings (SSSR count). The smallest absolute Gasteiger partial charge is 0.336 e. The zero-order valence-corrected chi connectivity index (χ0v) is 20.6. The SMILES string of the molecule is O=C(O)c1ccccc1/C=N\NC(=O)c1cn(C2CC2)c2cc(N3CCN(CCO)CC3)c(F)cc2c1=O. The number of aromatic nitrogens is 1. The van der Waals surface area contributed by atoms with E-state index in [9.17, 15) is 19.5 Å². The van der Waals surface area contributed by atoms with Gasteiger partial charge in [-0.2, -0.15) is 5.10 Å². The Morgan fingerprint density at radius 3 is 2.53 bits per heavy atom. The van der Waals surface area contributed by atoms with Crippen LogP contribution in [0.5, 0.6) is 0 Å². The number of piperazine rings is 1. The van der Waals surface area contributed by atoms with Crippen molar-refractivity contribution in [2.75, 3.05) is 44.2 Å². The van der Waals surface area contributed by atoms with E-state index in [0.29, 0.717) is 49.5 Å². The van der Waals surface area contributed by atoms with Gasteiger partial charge in [-0.05, 0) is 31.0 Å². The molecule has 1 saturated heterocycles. The molecule has 3 aromatic rings. The maximum Gasteiger partial charge on any atom is 0.336 e. The number of carboxylic acid groups (broad SMARTS) is 1. The average molecular weight is 522 g/mol. The fraction of sp³-hybridized carbons (Fsp3) is 0.333. The molecule has 1 aliphatic heterocycles. The number of nitrogens with one attached hydrogen (secondary N) is 1. The number of aromatic carboxylic acids is 1. The second kappa shape index (κ2) is 10.7. The molecule has 1 saturated carbocycles. The largest absolute Gasteiger partial charge is 0.478 e. The van der Waals surface area contributed by atoms with Crippen LogP contribution in [0, 0.1) is 5.82 Å². The summed E-state index contributed by atoms with van der Waals surface area (Å²) in [6.45, 7) is 3.25. The summed E-state index contributed by atoms with van der Waals surface area (Å²) in [5.74, 6) is -2.43. The van der Waals surface area contributed by atoms with Gasteiger partial charge >= 0.3 is 5.97 Å². The number of nitrogens with zero attached hydrogens (tertiary/aromatic N) is 4. The molecule has 2 fully saturated rings. The normalized spacial score (nSPS) is 16.3. The second-order valence-corrected chi connectivity index (χ2v) is 9.47. The lowest BCUT2D eigenvalue weighted by molar-refractivity contribution is 0.0696. The fourth-order valence-corrected chi connectivity index (χ4v) is 4.80. The first-order valence-corrected chi connectivity index (χ1v) is 12.5. The predicted octanol–water partition coefficient (Wildman–Crippen LogP) is 2.05. The number of aliphatic hydroxyl groups is 1. The van der Waals surface area contributed by atoms with Crippen LogP contribution in [-0.2, 0) is 0 Å². The molecule has 1 aliphatic carbocycles.